The Kier molecular flexibility index (Phi) is 8.30. The lowest BCUT2D eigenvalue weighted by atomic mass is 10.1. The zero-order chi connectivity index (χ0) is 22.5. The van der Waals surface area contributed by atoms with Crippen molar-refractivity contribution in [2.24, 2.45) is 0 Å². The maximum atomic E-state index is 12.5. The summed E-state index contributed by atoms with van der Waals surface area (Å²) in [5.74, 6) is 0.600. The molecular weight excluding hydrogens is 529 g/mol. The Labute approximate surface area is 202 Å². The predicted octanol–water partition coefficient (Wildman–Crippen LogP) is 6.03. The fourth-order valence-electron chi connectivity index (χ4n) is 2.78. The van der Waals surface area contributed by atoms with E-state index in [0.717, 1.165) is 17.3 Å². The van der Waals surface area contributed by atoms with E-state index < -0.39 is 0 Å². The zero-order valence-electron chi connectivity index (χ0n) is 16.6. The third-order valence-electron chi connectivity index (χ3n) is 4.33. The van der Waals surface area contributed by atoms with Crippen LogP contribution in [-0.2, 0) is 16.1 Å². The van der Waals surface area contributed by atoms with Crippen LogP contribution in [0.15, 0.2) is 39.7 Å². The van der Waals surface area contributed by atoms with Gasteiger partial charge in [0, 0.05) is 22.7 Å². The first-order chi connectivity index (χ1) is 14.8. The summed E-state index contributed by atoms with van der Waals surface area (Å²) in [7, 11) is 3.04. The summed E-state index contributed by atoms with van der Waals surface area (Å²) in [6, 6.07) is 8.69. The summed E-state index contributed by atoms with van der Waals surface area (Å²) >= 11 is 16.5. The Morgan fingerprint density at radius 2 is 1.94 bits per heavy atom. The smallest absolute Gasteiger partial charge is 0.293 e. The Morgan fingerprint density at radius 1 is 1.16 bits per heavy atom. The van der Waals surface area contributed by atoms with Gasteiger partial charge in [-0.2, -0.15) is 0 Å². The second kappa shape index (κ2) is 10.7. The number of amides is 2. The summed E-state index contributed by atoms with van der Waals surface area (Å²) in [5, 5.41) is 0.728. The van der Waals surface area contributed by atoms with Crippen molar-refractivity contribution >= 4 is 68.1 Å². The number of nitrogens with zero attached hydrogens (tertiary/aromatic N) is 1. The van der Waals surface area contributed by atoms with Crippen molar-refractivity contribution in [3.05, 3.63) is 60.9 Å². The van der Waals surface area contributed by atoms with Crippen molar-refractivity contribution in [3.8, 4) is 11.5 Å². The molecule has 0 saturated carbocycles. The number of methoxy groups -OCH3 is 2. The fraction of sp³-hybridized carbons (Fsp3) is 0.238. The molecule has 3 rings (SSSR count). The molecule has 164 valence electrons. The first-order valence-corrected chi connectivity index (χ1v) is 11.4. The van der Waals surface area contributed by atoms with E-state index in [2.05, 4.69) is 15.9 Å². The Hall–Kier alpha value is -1.71. The van der Waals surface area contributed by atoms with Crippen LogP contribution in [0.2, 0.25) is 10.0 Å². The van der Waals surface area contributed by atoms with Crippen LogP contribution in [0, 0.1) is 0 Å². The van der Waals surface area contributed by atoms with Crippen LogP contribution in [0.4, 0.5) is 4.79 Å². The molecule has 10 heteroatoms. The van der Waals surface area contributed by atoms with E-state index in [-0.39, 0.29) is 30.9 Å². The van der Waals surface area contributed by atoms with Gasteiger partial charge in [0.15, 0.2) is 11.5 Å². The quantitative estimate of drug-likeness (QED) is 0.377. The molecule has 0 unspecified atom stereocenters. The molecule has 0 aliphatic carbocycles. The van der Waals surface area contributed by atoms with Gasteiger partial charge in [0.2, 0.25) is 0 Å². The number of carbonyl (C=O) groups is 2. The number of benzene rings is 2. The first-order valence-electron chi connectivity index (χ1n) is 9.02. The minimum atomic E-state index is -0.347. The summed E-state index contributed by atoms with van der Waals surface area (Å²) < 4.78 is 17.0. The number of hydrogen-bond acceptors (Lipinski definition) is 6. The number of hydrogen-bond donors (Lipinski definition) is 0. The minimum Gasteiger partial charge on any atom is -0.493 e. The van der Waals surface area contributed by atoms with Crippen LogP contribution in [0.25, 0.3) is 6.08 Å². The van der Waals surface area contributed by atoms with Gasteiger partial charge in [-0.1, -0.05) is 29.3 Å². The van der Waals surface area contributed by atoms with E-state index in [9.17, 15) is 9.59 Å². The van der Waals surface area contributed by atoms with E-state index in [1.807, 2.05) is 0 Å². The zero-order valence-corrected chi connectivity index (χ0v) is 20.5. The normalized spacial score (nSPS) is 15.1. The molecule has 1 aliphatic rings. The summed E-state index contributed by atoms with van der Waals surface area (Å²) in [6.45, 7) is 0.711. The number of rotatable bonds is 8. The molecule has 1 saturated heterocycles. The Morgan fingerprint density at radius 3 is 2.61 bits per heavy atom. The van der Waals surface area contributed by atoms with Gasteiger partial charge in [-0.05, 0) is 63.6 Å². The van der Waals surface area contributed by atoms with Gasteiger partial charge in [0.05, 0.1) is 29.6 Å². The molecule has 0 radical (unpaired) electrons. The molecule has 1 aliphatic heterocycles. The number of halogens is 3. The molecule has 0 spiro atoms. The van der Waals surface area contributed by atoms with Crippen LogP contribution >= 0.6 is 50.9 Å². The average Bonchev–Trinajstić information content (AvgIpc) is 2.99. The molecule has 1 fully saturated rings. The lowest BCUT2D eigenvalue weighted by Gasteiger charge is -2.14. The molecule has 2 aromatic rings. The van der Waals surface area contributed by atoms with E-state index >= 15 is 0 Å². The van der Waals surface area contributed by atoms with Crippen LogP contribution in [0.1, 0.15) is 11.1 Å². The monoisotopic (exact) mass is 545 g/mol. The molecule has 1 heterocycles. The fourth-order valence-corrected chi connectivity index (χ4v) is 4.68. The maximum Gasteiger partial charge on any atom is 0.293 e. The lowest BCUT2D eigenvalue weighted by molar-refractivity contribution is -0.123. The predicted molar refractivity (Wildman–Crippen MR) is 126 cm³/mol. The highest BCUT2D eigenvalue weighted by Crippen LogP contribution is 2.39. The van der Waals surface area contributed by atoms with Gasteiger partial charge in [-0.15, -0.1) is 0 Å². The minimum absolute atomic E-state index is 0.211. The average molecular weight is 547 g/mol. The molecule has 6 nitrogen and oxygen atoms in total. The van der Waals surface area contributed by atoms with Crippen molar-refractivity contribution in [2.75, 3.05) is 27.4 Å². The van der Waals surface area contributed by atoms with E-state index in [4.69, 9.17) is 37.4 Å². The third-order valence-corrected chi connectivity index (χ3v) is 6.41. The molecule has 2 aromatic carbocycles. The highest BCUT2D eigenvalue weighted by Gasteiger charge is 2.34. The van der Waals surface area contributed by atoms with Gasteiger partial charge in [0.25, 0.3) is 11.1 Å². The SMILES string of the molecule is COCCN1C(=O)S/C(=C/c2cc(Br)c(OCc3ccc(Cl)cc3Cl)c(OC)c2)C1=O. The molecule has 0 N–H and O–H groups in total. The summed E-state index contributed by atoms with van der Waals surface area (Å²) in [5.41, 5.74) is 1.45. The first kappa shape index (κ1) is 23.9. The Bertz CT molecular complexity index is 1050. The maximum absolute atomic E-state index is 12.5. The van der Waals surface area contributed by atoms with Crippen molar-refractivity contribution in [2.45, 2.75) is 6.61 Å². The van der Waals surface area contributed by atoms with Gasteiger partial charge >= 0.3 is 0 Å². The molecule has 0 aromatic heterocycles. The number of thioether (sulfide) groups is 1. The molecule has 31 heavy (non-hydrogen) atoms. The molecular formula is C21H18BrCl2NO5S. The van der Waals surface area contributed by atoms with E-state index in [1.165, 1.54) is 19.1 Å². The van der Waals surface area contributed by atoms with Crippen LogP contribution < -0.4 is 9.47 Å². The van der Waals surface area contributed by atoms with Gasteiger partial charge in [0.1, 0.15) is 6.61 Å². The third kappa shape index (κ3) is 5.75. The highest BCUT2D eigenvalue weighted by atomic mass is 79.9. The molecule has 0 bridgehead atoms. The van der Waals surface area contributed by atoms with Gasteiger partial charge in [-0.25, -0.2) is 0 Å². The summed E-state index contributed by atoms with van der Waals surface area (Å²) in [6.07, 6.45) is 1.64. The molecule has 2 amide bonds. The number of ether oxygens (including phenoxy) is 3. The number of imide groups is 1. The highest BCUT2D eigenvalue weighted by molar-refractivity contribution is 9.10. The number of carbonyl (C=O) groups excluding carboxylic acids is 2. The van der Waals surface area contributed by atoms with E-state index in [1.54, 1.807) is 36.4 Å². The van der Waals surface area contributed by atoms with Crippen molar-refractivity contribution in [1.29, 1.82) is 0 Å². The standard InChI is InChI=1S/C21H18BrCl2NO5S/c1-28-6-5-25-20(26)18(31-21(25)27)9-12-7-15(22)19(17(8-12)29-2)30-11-13-3-4-14(23)10-16(13)24/h3-4,7-10H,5-6,11H2,1-2H3/b18-9+. The molecule has 0 atom stereocenters. The van der Waals surface area contributed by atoms with E-state index in [0.29, 0.717) is 36.5 Å². The Balaban J connectivity index is 1.81. The summed E-state index contributed by atoms with van der Waals surface area (Å²) in [4.78, 5) is 26.1. The van der Waals surface area contributed by atoms with Gasteiger partial charge in [-0.3, -0.25) is 14.5 Å². The second-order valence-corrected chi connectivity index (χ2v) is 9.08. The van der Waals surface area contributed by atoms with Crippen LogP contribution in [0.5, 0.6) is 11.5 Å². The van der Waals surface area contributed by atoms with Crippen molar-refractivity contribution in [3.63, 3.8) is 0 Å². The van der Waals surface area contributed by atoms with Crippen LogP contribution in [0.3, 0.4) is 0 Å². The topological polar surface area (TPSA) is 65.1 Å². The van der Waals surface area contributed by atoms with Gasteiger partial charge < -0.3 is 14.2 Å². The van der Waals surface area contributed by atoms with Crippen molar-refractivity contribution < 1.29 is 23.8 Å². The largest absolute Gasteiger partial charge is 0.493 e. The lowest BCUT2D eigenvalue weighted by Crippen LogP contribution is -2.31. The second-order valence-electron chi connectivity index (χ2n) is 6.38. The van der Waals surface area contributed by atoms with Crippen molar-refractivity contribution in [1.82, 2.24) is 4.90 Å². The van der Waals surface area contributed by atoms with Crippen LogP contribution in [-0.4, -0.2) is 43.4 Å².